The van der Waals surface area contributed by atoms with Crippen LogP contribution >= 0.6 is 0 Å². The minimum atomic E-state index is -1.63. The van der Waals surface area contributed by atoms with Crippen LogP contribution in [-0.2, 0) is 40.0 Å². The number of nitrogens with one attached hydrogen (secondary N) is 4. The molecule has 0 saturated carbocycles. The van der Waals surface area contributed by atoms with E-state index >= 15 is 0 Å². The Bertz CT molecular complexity index is 1940. The molecule has 5 atom stereocenters. The van der Waals surface area contributed by atoms with Gasteiger partial charge in [-0.25, -0.2) is 4.79 Å². The lowest BCUT2D eigenvalue weighted by atomic mass is 9.93. The summed E-state index contributed by atoms with van der Waals surface area (Å²) in [6.07, 6.45) is 6.74. The molecule has 0 aliphatic carbocycles. The molecule has 0 unspecified atom stereocenters. The van der Waals surface area contributed by atoms with Gasteiger partial charge in [0.2, 0.25) is 35.4 Å². The number of carboxylic acids is 1. The molecular formula is C42H60N7O13-. The summed E-state index contributed by atoms with van der Waals surface area (Å²) in [5, 5.41) is 72.9. The number of aliphatic hydroxyl groups excluding tert-OH is 1. The number of aliphatic carboxylic acids is 1. The van der Waals surface area contributed by atoms with Gasteiger partial charge in [0.25, 0.3) is 0 Å². The first-order chi connectivity index (χ1) is 29.2. The first-order valence-corrected chi connectivity index (χ1v) is 20.6. The fraction of sp³-hybridized carbons (Fsp3) is 0.548. The summed E-state index contributed by atoms with van der Waals surface area (Å²) in [6.45, 7) is 5.53. The van der Waals surface area contributed by atoms with Gasteiger partial charge in [0.05, 0.1) is 18.8 Å². The van der Waals surface area contributed by atoms with Gasteiger partial charge < -0.3 is 51.5 Å². The molecule has 342 valence electrons. The van der Waals surface area contributed by atoms with E-state index in [1.54, 1.807) is 0 Å². The van der Waals surface area contributed by atoms with Crippen LogP contribution in [0.5, 0.6) is 11.5 Å². The van der Waals surface area contributed by atoms with Gasteiger partial charge in [-0.05, 0) is 61.1 Å². The summed E-state index contributed by atoms with van der Waals surface area (Å²) >= 11 is 0. The number of phenolic OH excluding ortho intramolecular Hbond substituents is 1. The maximum atomic E-state index is 13.9. The number of carbonyl (C=O) groups is 7. The number of carboxylic acid groups (broad SMARTS) is 1. The molecule has 2 aromatic rings. The zero-order valence-corrected chi connectivity index (χ0v) is 36.0. The zero-order chi connectivity index (χ0) is 46.4. The molecule has 9 N–H and O–H groups in total. The Morgan fingerprint density at radius 2 is 1.52 bits per heavy atom. The second kappa shape index (κ2) is 23.3. The van der Waals surface area contributed by atoms with E-state index in [-0.39, 0.29) is 34.6 Å². The number of phenols is 1. The third-order valence-electron chi connectivity index (χ3n) is 10.7. The second-order valence-corrected chi connectivity index (χ2v) is 16.0. The lowest BCUT2D eigenvalue weighted by Crippen LogP contribution is -2.55. The molecule has 0 spiro atoms. The number of likely N-dealkylation sites (N-methyl/N-ethyl adjacent to an activating group) is 2. The minimum Gasteiger partial charge on any atom is -0.871 e. The van der Waals surface area contributed by atoms with Crippen molar-refractivity contribution in [2.75, 3.05) is 32.5 Å². The Kier molecular flexibility index (Phi) is 18.9. The highest BCUT2D eigenvalue weighted by Gasteiger charge is 2.34. The molecule has 3 rings (SSSR count). The molecule has 6 amide bonds. The zero-order valence-electron chi connectivity index (χ0n) is 36.0. The number of aliphatic hydroxyl groups is 1. The van der Waals surface area contributed by atoms with Crippen LogP contribution < -0.4 is 31.6 Å². The van der Waals surface area contributed by atoms with E-state index in [0.29, 0.717) is 12.3 Å². The number of amides is 6. The first-order valence-electron chi connectivity index (χ1n) is 20.6. The SMILES string of the molecule is CC(C)CCCCCCCCC(=O)N(C)[C@H](CO)C(=O)N[C@H](C)C(=O)NCC(=O)N(C)[C@H]1C(=O)N[C@@H](C)C(=O)N[C@H](C(=O)O)Cc2cc(c([O-])c(N(O)O)c2)-c2cc1ccc2O. The van der Waals surface area contributed by atoms with Crippen molar-refractivity contribution in [3.05, 3.63) is 41.5 Å². The Labute approximate surface area is 360 Å². The maximum absolute atomic E-state index is 13.9. The van der Waals surface area contributed by atoms with Gasteiger partial charge in [-0.3, -0.25) is 39.2 Å². The molecule has 20 heteroatoms. The number of unbranched alkanes of at least 4 members (excludes halogenated alkanes) is 5. The van der Waals surface area contributed by atoms with Gasteiger partial charge >= 0.3 is 5.97 Å². The van der Waals surface area contributed by atoms with E-state index in [4.69, 9.17) is 0 Å². The normalized spacial score (nSPS) is 17.4. The van der Waals surface area contributed by atoms with Gasteiger partial charge in [-0.2, -0.15) is 0 Å². The number of hydrogen-bond donors (Lipinski definition) is 9. The Morgan fingerprint density at radius 3 is 2.13 bits per heavy atom. The molecule has 0 fully saturated rings. The standard InChI is InChI=1S/C42H61N7O13/c1-23(2)13-11-9-7-8-10-12-14-34(52)47(5)32(22-50)40(57)44-24(3)38(55)43-21-35(53)48(6)36-27-15-16-33(51)28(20-27)29-17-26(19-31(37(29)54)49(61)62)18-30(42(59)60)46-39(56)25(4)45-41(36)58/h15-17,19-20,23-25,30,32,36,50-51,54,61-62H,7-14,18,21-22H2,1-6H3,(H,43,55)(H,44,57)(H,45,58)(H,46,56)(H,59,60)/p-1/t24-,25+,30+,32-,36-/m1/s1. The summed E-state index contributed by atoms with van der Waals surface area (Å²) in [7, 11) is 2.59. The molecule has 20 nitrogen and oxygen atoms in total. The number of benzene rings is 2. The largest absolute Gasteiger partial charge is 0.871 e. The van der Waals surface area contributed by atoms with Crippen LogP contribution in [0.15, 0.2) is 30.3 Å². The number of hydrogen-bond acceptors (Lipinski definition) is 13. The molecule has 1 heterocycles. The number of rotatable bonds is 19. The molecule has 1 aliphatic heterocycles. The monoisotopic (exact) mass is 870 g/mol. The predicted molar refractivity (Wildman–Crippen MR) is 221 cm³/mol. The predicted octanol–water partition coefficient (Wildman–Crippen LogP) is 1.06. The van der Waals surface area contributed by atoms with Crippen molar-refractivity contribution in [3.8, 4) is 22.6 Å². The molecule has 1 aliphatic rings. The van der Waals surface area contributed by atoms with Crippen molar-refractivity contribution in [1.82, 2.24) is 31.1 Å². The Morgan fingerprint density at radius 1 is 0.871 bits per heavy atom. The van der Waals surface area contributed by atoms with Crippen molar-refractivity contribution in [2.45, 2.75) is 116 Å². The van der Waals surface area contributed by atoms with E-state index in [9.17, 15) is 64.4 Å². The third kappa shape index (κ3) is 13.8. The average Bonchev–Trinajstić information content (AvgIpc) is 3.20. The smallest absolute Gasteiger partial charge is 0.326 e. The average molecular weight is 871 g/mol. The van der Waals surface area contributed by atoms with Crippen molar-refractivity contribution in [2.24, 2.45) is 5.92 Å². The molecular weight excluding hydrogens is 810 g/mol. The summed E-state index contributed by atoms with van der Waals surface area (Å²) in [6, 6.07) is -1.42. The number of aromatic hydroxyl groups is 1. The molecule has 0 aromatic heterocycles. The van der Waals surface area contributed by atoms with E-state index in [2.05, 4.69) is 35.1 Å². The van der Waals surface area contributed by atoms with Gasteiger partial charge in [-0.15, -0.1) is 5.23 Å². The third-order valence-corrected chi connectivity index (χ3v) is 10.7. The molecule has 0 saturated heterocycles. The van der Waals surface area contributed by atoms with Crippen LogP contribution in [0.3, 0.4) is 0 Å². The summed E-state index contributed by atoms with van der Waals surface area (Å²) < 4.78 is 0. The van der Waals surface area contributed by atoms with E-state index < -0.39 is 108 Å². The summed E-state index contributed by atoms with van der Waals surface area (Å²) in [5.41, 5.74) is -1.27. The van der Waals surface area contributed by atoms with Gasteiger partial charge in [0.15, 0.2) is 0 Å². The summed E-state index contributed by atoms with van der Waals surface area (Å²) in [4.78, 5) is 93.9. The lowest BCUT2D eigenvalue weighted by molar-refractivity contribution is -0.267. The molecule has 0 radical (unpaired) electrons. The van der Waals surface area contributed by atoms with Crippen LogP contribution in [-0.4, -0.2) is 128 Å². The second-order valence-electron chi connectivity index (χ2n) is 16.0. The summed E-state index contributed by atoms with van der Waals surface area (Å²) in [5.74, 6) is -7.11. The van der Waals surface area contributed by atoms with Gasteiger partial charge in [0, 0.05) is 32.5 Å². The fourth-order valence-electron chi connectivity index (χ4n) is 6.95. The van der Waals surface area contributed by atoms with Crippen LogP contribution in [0, 0.1) is 5.92 Å². The van der Waals surface area contributed by atoms with E-state index in [1.807, 2.05) is 0 Å². The van der Waals surface area contributed by atoms with Crippen molar-refractivity contribution in [1.29, 1.82) is 0 Å². The van der Waals surface area contributed by atoms with Crippen LogP contribution in [0.4, 0.5) is 5.69 Å². The molecule has 4 bridgehead atoms. The van der Waals surface area contributed by atoms with Crippen molar-refractivity contribution in [3.63, 3.8) is 0 Å². The number of carbonyl (C=O) groups excluding carboxylic acids is 6. The van der Waals surface area contributed by atoms with Gasteiger partial charge in [-0.1, -0.05) is 70.3 Å². The number of fused-ring (bicyclic) bond motifs is 5. The quantitative estimate of drug-likeness (QED) is 0.0705. The van der Waals surface area contributed by atoms with Crippen molar-refractivity contribution >= 4 is 47.1 Å². The first kappa shape index (κ1) is 50.4. The number of nitrogens with zero attached hydrogens (tertiary/aromatic N) is 3. The minimum absolute atomic E-state index is 0.00629. The lowest BCUT2D eigenvalue weighted by Gasteiger charge is -2.31. The maximum Gasteiger partial charge on any atom is 0.326 e. The van der Waals surface area contributed by atoms with Crippen LogP contribution in [0.25, 0.3) is 11.1 Å². The van der Waals surface area contributed by atoms with Crippen LogP contribution in [0.1, 0.15) is 96.2 Å². The van der Waals surface area contributed by atoms with Crippen LogP contribution in [0.2, 0.25) is 0 Å². The number of anilines is 1. The van der Waals surface area contributed by atoms with Crippen molar-refractivity contribution < 1.29 is 64.4 Å². The Balaban J connectivity index is 1.77. The molecule has 2 aromatic carbocycles. The van der Waals surface area contributed by atoms with Gasteiger partial charge in [0.1, 0.15) is 36.0 Å². The molecule has 62 heavy (non-hydrogen) atoms. The highest BCUT2D eigenvalue weighted by molar-refractivity contribution is 5.96. The topological polar surface area (TPSA) is 302 Å². The highest BCUT2D eigenvalue weighted by atomic mass is 16.8. The highest BCUT2D eigenvalue weighted by Crippen LogP contribution is 2.42. The van der Waals surface area contributed by atoms with E-state index in [1.165, 1.54) is 59.0 Å². The fourth-order valence-corrected chi connectivity index (χ4v) is 6.95. The van der Waals surface area contributed by atoms with E-state index in [0.717, 1.165) is 47.6 Å². The Hall–Kier alpha value is -5.99.